The number of amides is 1. The van der Waals surface area contributed by atoms with Gasteiger partial charge >= 0.3 is 0 Å². The molecule has 1 aliphatic rings. The summed E-state index contributed by atoms with van der Waals surface area (Å²) in [6, 6.07) is 11.2. The Balaban J connectivity index is 1.79. The molecule has 2 heterocycles. The molecule has 0 spiro atoms. The SMILES string of the molecule is CC1CC(NC(=O)c2ccccc2C(=O)c2cccs2)CCN1. The molecule has 3 rings (SSSR count). The lowest BCUT2D eigenvalue weighted by atomic mass is 9.98. The lowest BCUT2D eigenvalue weighted by Gasteiger charge is -2.28. The van der Waals surface area contributed by atoms with Crippen molar-refractivity contribution in [1.29, 1.82) is 0 Å². The minimum Gasteiger partial charge on any atom is -0.349 e. The van der Waals surface area contributed by atoms with Gasteiger partial charge in [-0.05, 0) is 43.8 Å². The highest BCUT2D eigenvalue weighted by Crippen LogP contribution is 2.19. The van der Waals surface area contributed by atoms with Crippen molar-refractivity contribution < 1.29 is 9.59 Å². The zero-order valence-corrected chi connectivity index (χ0v) is 13.9. The minimum absolute atomic E-state index is 0.0931. The zero-order chi connectivity index (χ0) is 16.2. The molecule has 1 aliphatic heterocycles. The summed E-state index contributed by atoms with van der Waals surface area (Å²) in [5.41, 5.74) is 0.923. The van der Waals surface area contributed by atoms with Crippen LogP contribution >= 0.6 is 11.3 Å². The van der Waals surface area contributed by atoms with Gasteiger partial charge in [0.05, 0.1) is 10.4 Å². The maximum Gasteiger partial charge on any atom is 0.252 e. The average molecular weight is 328 g/mol. The Morgan fingerprint density at radius 3 is 2.65 bits per heavy atom. The lowest BCUT2D eigenvalue weighted by Crippen LogP contribution is -2.46. The third-order valence-electron chi connectivity index (χ3n) is 4.12. The van der Waals surface area contributed by atoms with Crippen LogP contribution in [0.5, 0.6) is 0 Å². The first-order valence-electron chi connectivity index (χ1n) is 7.86. The van der Waals surface area contributed by atoms with E-state index in [1.807, 2.05) is 11.4 Å². The molecule has 5 heteroatoms. The van der Waals surface area contributed by atoms with E-state index < -0.39 is 0 Å². The van der Waals surface area contributed by atoms with Crippen LogP contribution in [0, 0.1) is 0 Å². The molecule has 2 aromatic rings. The Kier molecular flexibility index (Phi) is 4.88. The van der Waals surface area contributed by atoms with Gasteiger partial charge in [0.1, 0.15) is 0 Å². The van der Waals surface area contributed by atoms with Gasteiger partial charge in [-0.3, -0.25) is 9.59 Å². The Morgan fingerprint density at radius 2 is 1.96 bits per heavy atom. The number of hydrogen-bond donors (Lipinski definition) is 2. The third-order valence-corrected chi connectivity index (χ3v) is 4.99. The fourth-order valence-electron chi connectivity index (χ4n) is 2.95. The normalized spacial score (nSPS) is 20.9. The van der Waals surface area contributed by atoms with Crippen LogP contribution in [-0.2, 0) is 0 Å². The number of thiophene rings is 1. The third kappa shape index (κ3) is 3.68. The minimum atomic E-state index is -0.162. The first-order chi connectivity index (χ1) is 11.1. The Bertz CT molecular complexity index is 697. The number of ketones is 1. The van der Waals surface area contributed by atoms with E-state index in [0.717, 1.165) is 19.4 Å². The van der Waals surface area contributed by atoms with Crippen LogP contribution in [-0.4, -0.2) is 30.3 Å². The monoisotopic (exact) mass is 328 g/mol. The summed E-state index contributed by atoms with van der Waals surface area (Å²) in [7, 11) is 0. The molecule has 2 unspecified atom stereocenters. The maximum atomic E-state index is 12.6. The van der Waals surface area contributed by atoms with Crippen molar-refractivity contribution in [1.82, 2.24) is 10.6 Å². The van der Waals surface area contributed by atoms with Crippen LogP contribution in [0.25, 0.3) is 0 Å². The lowest BCUT2D eigenvalue weighted by molar-refractivity contribution is 0.0916. The molecule has 1 aromatic heterocycles. The van der Waals surface area contributed by atoms with Gasteiger partial charge in [0, 0.05) is 17.6 Å². The summed E-state index contributed by atoms with van der Waals surface area (Å²) in [6.45, 7) is 3.02. The first kappa shape index (κ1) is 15.9. The van der Waals surface area contributed by atoms with Crippen LogP contribution in [0.2, 0.25) is 0 Å². The van der Waals surface area contributed by atoms with E-state index in [-0.39, 0.29) is 17.7 Å². The summed E-state index contributed by atoms with van der Waals surface area (Å²) in [5.74, 6) is -0.256. The number of hydrogen-bond acceptors (Lipinski definition) is 4. The molecule has 4 nitrogen and oxygen atoms in total. The van der Waals surface area contributed by atoms with E-state index in [4.69, 9.17) is 0 Å². The first-order valence-corrected chi connectivity index (χ1v) is 8.74. The number of rotatable bonds is 4. The molecular formula is C18H20N2O2S. The molecule has 0 bridgehead atoms. The van der Waals surface area contributed by atoms with E-state index in [2.05, 4.69) is 17.6 Å². The molecule has 0 saturated carbocycles. The van der Waals surface area contributed by atoms with E-state index >= 15 is 0 Å². The fourth-order valence-corrected chi connectivity index (χ4v) is 3.62. The fraction of sp³-hybridized carbons (Fsp3) is 0.333. The molecule has 0 radical (unpaired) electrons. The Labute approximate surface area is 139 Å². The van der Waals surface area contributed by atoms with E-state index in [1.165, 1.54) is 11.3 Å². The van der Waals surface area contributed by atoms with Crippen molar-refractivity contribution in [3.05, 3.63) is 57.8 Å². The molecule has 1 amide bonds. The summed E-state index contributed by atoms with van der Waals surface area (Å²) >= 11 is 1.39. The summed E-state index contributed by atoms with van der Waals surface area (Å²) in [6.07, 6.45) is 1.82. The average Bonchev–Trinajstić information content (AvgIpc) is 3.08. The van der Waals surface area contributed by atoms with E-state index in [1.54, 1.807) is 30.3 Å². The molecule has 2 atom stereocenters. The highest BCUT2D eigenvalue weighted by Gasteiger charge is 2.23. The molecule has 1 fully saturated rings. The van der Waals surface area contributed by atoms with Crippen LogP contribution in [0.1, 0.15) is 45.4 Å². The predicted octanol–water partition coefficient (Wildman–Crippen LogP) is 2.85. The van der Waals surface area contributed by atoms with Gasteiger partial charge in [0.2, 0.25) is 5.78 Å². The molecular weight excluding hydrogens is 308 g/mol. The summed E-state index contributed by atoms with van der Waals surface area (Å²) < 4.78 is 0. The van der Waals surface area contributed by atoms with Gasteiger partial charge in [-0.2, -0.15) is 0 Å². The molecule has 120 valence electrons. The standard InChI is InChI=1S/C18H20N2O2S/c1-12-11-13(8-9-19-12)20-18(22)15-6-3-2-5-14(15)17(21)16-7-4-10-23-16/h2-7,10,12-13,19H,8-9,11H2,1H3,(H,20,22). The number of carbonyl (C=O) groups excluding carboxylic acids is 2. The van der Waals surface area contributed by atoms with Gasteiger partial charge in [0.25, 0.3) is 5.91 Å². The van der Waals surface area contributed by atoms with Crippen molar-refractivity contribution in [2.24, 2.45) is 0 Å². The summed E-state index contributed by atoms with van der Waals surface area (Å²) in [5, 5.41) is 8.31. The van der Waals surface area contributed by atoms with Crippen molar-refractivity contribution in [3.63, 3.8) is 0 Å². The van der Waals surface area contributed by atoms with Gasteiger partial charge in [-0.15, -0.1) is 11.3 Å². The quantitative estimate of drug-likeness (QED) is 0.849. The van der Waals surface area contributed by atoms with E-state index in [9.17, 15) is 9.59 Å². The number of benzene rings is 1. The highest BCUT2D eigenvalue weighted by atomic mass is 32.1. The largest absolute Gasteiger partial charge is 0.349 e. The molecule has 23 heavy (non-hydrogen) atoms. The molecule has 1 aromatic carbocycles. The maximum absolute atomic E-state index is 12.6. The van der Waals surface area contributed by atoms with Crippen LogP contribution < -0.4 is 10.6 Å². The predicted molar refractivity (Wildman–Crippen MR) is 92.1 cm³/mol. The Morgan fingerprint density at radius 1 is 1.17 bits per heavy atom. The van der Waals surface area contributed by atoms with Crippen molar-refractivity contribution in [2.75, 3.05) is 6.54 Å². The number of nitrogens with one attached hydrogen (secondary N) is 2. The smallest absolute Gasteiger partial charge is 0.252 e. The van der Waals surface area contributed by atoms with Crippen molar-refractivity contribution in [2.45, 2.75) is 31.8 Å². The summed E-state index contributed by atoms with van der Waals surface area (Å²) in [4.78, 5) is 25.9. The number of piperidine rings is 1. The van der Waals surface area contributed by atoms with Crippen molar-refractivity contribution in [3.8, 4) is 0 Å². The van der Waals surface area contributed by atoms with E-state index in [0.29, 0.717) is 22.0 Å². The number of carbonyl (C=O) groups is 2. The van der Waals surface area contributed by atoms with Gasteiger partial charge in [-0.1, -0.05) is 24.3 Å². The topological polar surface area (TPSA) is 58.2 Å². The van der Waals surface area contributed by atoms with Crippen LogP contribution in [0.4, 0.5) is 0 Å². The second kappa shape index (κ2) is 7.06. The molecule has 0 aliphatic carbocycles. The van der Waals surface area contributed by atoms with Gasteiger partial charge in [0.15, 0.2) is 0 Å². The second-order valence-corrected chi connectivity index (χ2v) is 6.85. The zero-order valence-electron chi connectivity index (χ0n) is 13.0. The van der Waals surface area contributed by atoms with Crippen LogP contribution in [0.15, 0.2) is 41.8 Å². The highest BCUT2D eigenvalue weighted by molar-refractivity contribution is 7.12. The second-order valence-electron chi connectivity index (χ2n) is 5.90. The Hall–Kier alpha value is -1.98. The molecule has 1 saturated heterocycles. The van der Waals surface area contributed by atoms with Crippen molar-refractivity contribution >= 4 is 23.0 Å². The van der Waals surface area contributed by atoms with Gasteiger partial charge in [-0.25, -0.2) is 0 Å². The van der Waals surface area contributed by atoms with Gasteiger partial charge < -0.3 is 10.6 Å². The molecule has 2 N–H and O–H groups in total. The van der Waals surface area contributed by atoms with Crippen LogP contribution in [0.3, 0.4) is 0 Å².